The number of nitrogens with one attached hydrogen (secondary N) is 2. The van der Waals surface area contributed by atoms with E-state index in [1.807, 2.05) is 0 Å². The quantitative estimate of drug-likeness (QED) is 0.745. The van der Waals surface area contributed by atoms with Crippen molar-refractivity contribution in [2.75, 3.05) is 6.54 Å². The lowest BCUT2D eigenvalue weighted by Gasteiger charge is -2.27. The Kier molecular flexibility index (Phi) is 2.81. The highest BCUT2D eigenvalue weighted by atomic mass is 16.2. The summed E-state index contributed by atoms with van der Waals surface area (Å²) >= 11 is 0. The highest BCUT2D eigenvalue weighted by Crippen LogP contribution is 2.48. The van der Waals surface area contributed by atoms with Crippen molar-refractivity contribution in [3.05, 3.63) is 0 Å². The zero-order valence-electron chi connectivity index (χ0n) is 10.1. The number of piperidine rings is 1. The number of carbonyl (C=O) groups is 2. The Balaban J connectivity index is 1.52. The zero-order valence-corrected chi connectivity index (χ0v) is 10.1. The van der Waals surface area contributed by atoms with Crippen LogP contribution >= 0.6 is 0 Å². The molecule has 1 aliphatic heterocycles. The summed E-state index contributed by atoms with van der Waals surface area (Å²) in [6.07, 6.45) is 6.26. The van der Waals surface area contributed by atoms with E-state index in [-0.39, 0.29) is 23.8 Å². The summed E-state index contributed by atoms with van der Waals surface area (Å²) in [6.45, 7) is 0.603. The summed E-state index contributed by atoms with van der Waals surface area (Å²) in [4.78, 5) is 23.2. The first-order valence-electron chi connectivity index (χ1n) is 6.79. The summed E-state index contributed by atoms with van der Waals surface area (Å²) in [5, 5.41) is 5.92. The van der Waals surface area contributed by atoms with Gasteiger partial charge in [-0.1, -0.05) is 6.42 Å². The molecule has 1 heterocycles. The number of hydrogen-bond acceptors (Lipinski definition) is 2. The maximum absolute atomic E-state index is 12.2. The standard InChI is InChI=1S/C13H20N2O2/c16-12-4-3-10(7-14-12)15-13(17)11-6-8-1-2-9(11)5-8/h8-11H,1-7H2,(H,14,16)(H,15,17). The van der Waals surface area contributed by atoms with E-state index in [2.05, 4.69) is 10.6 Å². The van der Waals surface area contributed by atoms with Crippen molar-refractivity contribution < 1.29 is 9.59 Å². The maximum Gasteiger partial charge on any atom is 0.223 e. The highest BCUT2D eigenvalue weighted by molar-refractivity contribution is 5.81. The molecule has 4 heteroatoms. The van der Waals surface area contributed by atoms with Crippen molar-refractivity contribution in [2.24, 2.45) is 17.8 Å². The average Bonchev–Trinajstić information content (AvgIpc) is 2.94. The predicted molar refractivity (Wildman–Crippen MR) is 63.1 cm³/mol. The van der Waals surface area contributed by atoms with Gasteiger partial charge >= 0.3 is 0 Å². The van der Waals surface area contributed by atoms with Crippen molar-refractivity contribution in [3.8, 4) is 0 Å². The number of fused-ring (bicyclic) bond motifs is 2. The fraction of sp³-hybridized carbons (Fsp3) is 0.846. The van der Waals surface area contributed by atoms with Crippen LogP contribution in [0.5, 0.6) is 0 Å². The van der Waals surface area contributed by atoms with Gasteiger partial charge in [0.15, 0.2) is 0 Å². The molecular formula is C13H20N2O2. The minimum atomic E-state index is 0.107. The molecular weight excluding hydrogens is 216 g/mol. The van der Waals surface area contributed by atoms with Crippen LogP contribution in [0.4, 0.5) is 0 Å². The summed E-state index contributed by atoms with van der Waals surface area (Å²) < 4.78 is 0. The highest BCUT2D eigenvalue weighted by Gasteiger charge is 2.43. The molecule has 17 heavy (non-hydrogen) atoms. The predicted octanol–water partition coefficient (Wildman–Crippen LogP) is 0.817. The molecule has 0 aromatic rings. The Morgan fingerprint density at radius 1 is 1.24 bits per heavy atom. The van der Waals surface area contributed by atoms with E-state index < -0.39 is 0 Å². The molecule has 2 saturated carbocycles. The van der Waals surface area contributed by atoms with E-state index in [9.17, 15) is 9.59 Å². The second-order valence-corrected chi connectivity index (χ2v) is 5.83. The first-order chi connectivity index (χ1) is 8.22. The maximum atomic E-state index is 12.2. The van der Waals surface area contributed by atoms with Crippen molar-refractivity contribution in [1.29, 1.82) is 0 Å². The van der Waals surface area contributed by atoms with E-state index in [0.717, 1.165) is 18.8 Å². The molecule has 4 nitrogen and oxygen atoms in total. The largest absolute Gasteiger partial charge is 0.354 e. The Hall–Kier alpha value is -1.06. The molecule has 4 atom stereocenters. The number of carbonyl (C=O) groups excluding carboxylic acids is 2. The smallest absolute Gasteiger partial charge is 0.223 e. The van der Waals surface area contributed by atoms with Crippen LogP contribution in [0.3, 0.4) is 0 Å². The monoisotopic (exact) mass is 236 g/mol. The van der Waals surface area contributed by atoms with E-state index >= 15 is 0 Å². The zero-order chi connectivity index (χ0) is 11.8. The van der Waals surface area contributed by atoms with Gasteiger partial charge in [0.05, 0.1) is 0 Å². The van der Waals surface area contributed by atoms with Gasteiger partial charge in [0.1, 0.15) is 0 Å². The fourth-order valence-electron chi connectivity index (χ4n) is 3.73. The van der Waals surface area contributed by atoms with Crippen LogP contribution in [0, 0.1) is 17.8 Å². The van der Waals surface area contributed by atoms with E-state index in [1.165, 1.54) is 19.3 Å². The minimum absolute atomic E-state index is 0.107. The molecule has 0 spiro atoms. The van der Waals surface area contributed by atoms with Gasteiger partial charge in [0, 0.05) is 24.9 Å². The molecule has 0 radical (unpaired) electrons. The minimum Gasteiger partial charge on any atom is -0.354 e. The van der Waals surface area contributed by atoms with E-state index in [1.54, 1.807) is 0 Å². The molecule has 3 fully saturated rings. The summed E-state index contributed by atoms with van der Waals surface area (Å²) in [5.41, 5.74) is 0. The third kappa shape index (κ3) is 2.17. The molecule has 2 N–H and O–H groups in total. The fourth-order valence-corrected chi connectivity index (χ4v) is 3.73. The number of amides is 2. The lowest BCUT2D eigenvalue weighted by atomic mass is 9.88. The molecule has 3 rings (SSSR count). The molecule has 0 aromatic carbocycles. The van der Waals surface area contributed by atoms with Gasteiger partial charge in [0.2, 0.25) is 11.8 Å². The topological polar surface area (TPSA) is 58.2 Å². The van der Waals surface area contributed by atoms with Crippen LogP contribution in [-0.4, -0.2) is 24.4 Å². The van der Waals surface area contributed by atoms with Gasteiger partial charge < -0.3 is 10.6 Å². The summed E-state index contributed by atoms with van der Waals surface area (Å²) in [6, 6.07) is 0.152. The number of rotatable bonds is 2. The Bertz CT molecular complexity index is 332. The summed E-state index contributed by atoms with van der Waals surface area (Å²) in [7, 11) is 0. The van der Waals surface area contributed by atoms with Crippen molar-refractivity contribution in [2.45, 2.75) is 44.6 Å². The van der Waals surface area contributed by atoms with Crippen LogP contribution < -0.4 is 10.6 Å². The molecule has 3 aliphatic rings. The van der Waals surface area contributed by atoms with Crippen LogP contribution in [0.25, 0.3) is 0 Å². The Morgan fingerprint density at radius 3 is 2.71 bits per heavy atom. The second-order valence-electron chi connectivity index (χ2n) is 5.83. The third-order valence-electron chi connectivity index (χ3n) is 4.69. The normalized spacial score (nSPS) is 40.1. The van der Waals surface area contributed by atoms with E-state index in [0.29, 0.717) is 18.9 Å². The molecule has 4 unspecified atom stereocenters. The van der Waals surface area contributed by atoms with Crippen molar-refractivity contribution in [3.63, 3.8) is 0 Å². The molecule has 2 amide bonds. The van der Waals surface area contributed by atoms with Gasteiger partial charge in [-0.05, 0) is 37.5 Å². The van der Waals surface area contributed by atoms with E-state index in [4.69, 9.17) is 0 Å². The third-order valence-corrected chi connectivity index (χ3v) is 4.69. The van der Waals surface area contributed by atoms with Crippen LogP contribution in [0.2, 0.25) is 0 Å². The van der Waals surface area contributed by atoms with Crippen molar-refractivity contribution >= 4 is 11.8 Å². The van der Waals surface area contributed by atoms with Gasteiger partial charge in [-0.25, -0.2) is 0 Å². The second kappa shape index (κ2) is 4.31. The first-order valence-corrected chi connectivity index (χ1v) is 6.79. The summed E-state index contributed by atoms with van der Waals surface area (Å²) in [5.74, 6) is 2.04. The molecule has 2 bridgehead atoms. The van der Waals surface area contributed by atoms with Gasteiger partial charge in [-0.2, -0.15) is 0 Å². The van der Waals surface area contributed by atoms with Crippen LogP contribution in [0.15, 0.2) is 0 Å². The van der Waals surface area contributed by atoms with Gasteiger partial charge in [0.25, 0.3) is 0 Å². The molecule has 1 saturated heterocycles. The SMILES string of the molecule is O=C1CCC(NC(=O)C2CC3CCC2C3)CN1. The average molecular weight is 236 g/mol. The Labute approximate surface area is 102 Å². The molecule has 2 aliphatic carbocycles. The number of hydrogen-bond donors (Lipinski definition) is 2. The Morgan fingerprint density at radius 2 is 2.12 bits per heavy atom. The molecule has 0 aromatic heterocycles. The van der Waals surface area contributed by atoms with Crippen LogP contribution in [0.1, 0.15) is 38.5 Å². The first kappa shape index (κ1) is 11.1. The van der Waals surface area contributed by atoms with Crippen molar-refractivity contribution in [1.82, 2.24) is 10.6 Å². The molecule has 94 valence electrons. The lowest BCUT2D eigenvalue weighted by Crippen LogP contribution is -2.49. The lowest BCUT2D eigenvalue weighted by molar-refractivity contribution is -0.129. The van der Waals surface area contributed by atoms with Gasteiger partial charge in [-0.15, -0.1) is 0 Å². The van der Waals surface area contributed by atoms with Gasteiger partial charge in [-0.3, -0.25) is 9.59 Å². The van der Waals surface area contributed by atoms with Crippen LogP contribution in [-0.2, 0) is 9.59 Å².